The fourth-order valence-corrected chi connectivity index (χ4v) is 3.01. The highest BCUT2D eigenvalue weighted by atomic mass is 32.2. The number of nitrogens with zero attached hydrogens (tertiary/aromatic N) is 1. The number of H-pyrrole nitrogens is 1. The lowest BCUT2D eigenvalue weighted by molar-refractivity contribution is 0.0701. The van der Waals surface area contributed by atoms with Crippen molar-refractivity contribution in [1.29, 1.82) is 0 Å². The summed E-state index contributed by atoms with van der Waals surface area (Å²) in [5, 5.41) is 9.61. The molecule has 2 heterocycles. The van der Waals surface area contributed by atoms with Crippen LogP contribution in [-0.4, -0.2) is 26.8 Å². The van der Waals surface area contributed by atoms with Gasteiger partial charge in [-0.25, -0.2) is 9.78 Å². The minimum absolute atomic E-state index is 0.0410. The first-order chi connectivity index (χ1) is 8.54. The van der Waals surface area contributed by atoms with Gasteiger partial charge in [0.1, 0.15) is 15.2 Å². The van der Waals surface area contributed by atoms with Crippen molar-refractivity contribution in [2.24, 2.45) is 0 Å². The summed E-state index contributed by atoms with van der Waals surface area (Å²) in [5.74, 6) is -0.427. The molecule has 0 unspecified atom stereocenters. The lowest BCUT2D eigenvalue weighted by Gasteiger charge is -1.97. The van der Waals surface area contributed by atoms with Crippen LogP contribution in [0.2, 0.25) is 0 Å². The van der Waals surface area contributed by atoms with Gasteiger partial charge in [-0.2, -0.15) is 0 Å². The molecule has 0 amide bonds. The second-order valence-electron chi connectivity index (χ2n) is 3.51. The zero-order valence-electron chi connectivity index (χ0n) is 9.52. The molecule has 0 spiro atoms. The largest absolute Gasteiger partial charge is 0.477 e. The smallest absolute Gasteiger partial charge is 0.346 e. The summed E-state index contributed by atoms with van der Waals surface area (Å²) in [6, 6.07) is 0. The van der Waals surface area contributed by atoms with Crippen molar-refractivity contribution in [3.8, 4) is 0 Å². The van der Waals surface area contributed by atoms with Crippen LogP contribution in [0.15, 0.2) is 22.6 Å². The Morgan fingerprint density at radius 1 is 1.67 bits per heavy atom. The summed E-state index contributed by atoms with van der Waals surface area (Å²) in [6.07, 6.45) is 1.73. The number of aromatic nitrogens is 2. The molecule has 7 heteroatoms. The molecule has 2 rings (SSSR count). The molecule has 0 aromatic carbocycles. The van der Waals surface area contributed by atoms with Gasteiger partial charge in [0.15, 0.2) is 5.16 Å². The maximum Gasteiger partial charge on any atom is 0.346 e. The Balaban J connectivity index is 2.62. The topological polar surface area (TPSA) is 83.0 Å². The molecule has 0 saturated carbocycles. The number of hydrogen-bond acceptors (Lipinski definition) is 5. The van der Waals surface area contributed by atoms with Gasteiger partial charge in [0.25, 0.3) is 0 Å². The monoisotopic (exact) mass is 282 g/mol. The number of carbonyl (C=O) groups is 1. The van der Waals surface area contributed by atoms with E-state index in [2.05, 4.69) is 16.5 Å². The highest BCUT2D eigenvalue weighted by molar-refractivity contribution is 7.99. The van der Waals surface area contributed by atoms with E-state index in [-0.39, 0.29) is 15.9 Å². The summed E-state index contributed by atoms with van der Waals surface area (Å²) in [5.41, 5.74) is 0.303. The average molecular weight is 282 g/mol. The molecular formula is C11H10N2O3S2. The first-order valence-corrected chi connectivity index (χ1v) is 6.85. The highest BCUT2D eigenvalue weighted by Crippen LogP contribution is 2.23. The number of fused-ring (bicyclic) bond motifs is 1. The van der Waals surface area contributed by atoms with Crippen LogP contribution in [-0.2, 0) is 0 Å². The quantitative estimate of drug-likeness (QED) is 0.664. The van der Waals surface area contributed by atoms with Gasteiger partial charge in [0, 0.05) is 11.3 Å². The zero-order valence-corrected chi connectivity index (χ0v) is 11.2. The van der Waals surface area contributed by atoms with Gasteiger partial charge in [-0.05, 0) is 6.92 Å². The predicted molar refractivity (Wildman–Crippen MR) is 72.9 cm³/mol. The summed E-state index contributed by atoms with van der Waals surface area (Å²) in [6.45, 7) is 5.11. The average Bonchev–Trinajstić information content (AvgIpc) is 2.74. The first-order valence-electron chi connectivity index (χ1n) is 5.05. The molecule has 0 atom stereocenters. The van der Waals surface area contributed by atoms with Crippen molar-refractivity contribution < 1.29 is 9.90 Å². The number of aromatic carboxylic acids is 1. The van der Waals surface area contributed by atoms with E-state index in [1.54, 1.807) is 6.08 Å². The molecule has 0 aliphatic heterocycles. The van der Waals surface area contributed by atoms with Gasteiger partial charge in [0.2, 0.25) is 5.43 Å². The second kappa shape index (κ2) is 4.95. The normalized spacial score (nSPS) is 10.7. The lowest BCUT2D eigenvalue weighted by atomic mass is 10.2. The Kier molecular flexibility index (Phi) is 3.53. The van der Waals surface area contributed by atoms with Gasteiger partial charge in [-0.3, -0.25) is 4.79 Å². The molecule has 0 aliphatic rings. The predicted octanol–water partition coefficient (Wildman–Crippen LogP) is 2.27. The number of rotatable bonds is 4. The van der Waals surface area contributed by atoms with Crippen LogP contribution in [0.3, 0.4) is 0 Å². The van der Waals surface area contributed by atoms with E-state index in [1.807, 2.05) is 0 Å². The van der Waals surface area contributed by atoms with E-state index in [9.17, 15) is 9.59 Å². The Labute approximate surface area is 111 Å². The molecule has 2 aromatic heterocycles. The van der Waals surface area contributed by atoms with Crippen LogP contribution in [0.4, 0.5) is 0 Å². The maximum atomic E-state index is 12.0. The third-order valence-electron chi connectivity index (χ3n) is 2.29. The molecule has 0 saturated heterocycles. The van der Waals surface area contributed by atoms with Crippen molar-refractivity contribution in [2.45, 2.75) is 12.1 Å². The van der Waals surface area contributed by atoms with E-state index in [0.717, 1.165) is 11.3 Å². The van der Waals surface area contributed by atoms with Crippen LogP contribution in [0.1, 0.15) is 15.2 Å². The van der Waals surface area contributed by atoms with Crippen LogP contribution in [0, 0.1) is 6.92 Å². The highest BCUT2D eigenvalue weighted by Gasteiger charge is 2.17. The van der Waals surface area contributed by atoms with E-state index in [0.29, 0.717) is 21.3 Å². The third-order valence-corrected chi connectivity index (χ3v) is 4.33. The van der Waals surface area contributed by atoms with E-state index in [4.69, 9.17) is 5.11 Å². The van der Waals surface area contributed by atoms with Gasteiger partial charge in [0.05, 0.1) is 0 Å². The molecule has 18 heavy (non-hydrogen) atoms. The Bertz CT molecular complexity index is 687. The van der Waals surface area contributed by atoms with Crippen LogP contribution < -0.4 is 5.43 Å². The van der Waals surface area contributed by atoms with Crippen molar-refractivity contribution in [2.75, 3.05) is 5.75 Å². The number of carboxylic acid groups (broad SMARTS) is 1. The molecule has 0 radical (unpaired) electrons. The molecule has 94 valence electrons. The van der Waals surface area contributed by atoms with E-state index < -0.39 is 5.97 Å². The number of hydrogen-bond donors (Lipinski definition) is 2. The number of aromatic amines is 1. The molecule has 0 aliphatic carbocycles. The SMILES string of the molecule is C=CCSc1nc2sc(C(=O)O)c(C)c(=O)c2[nH]1. The van der Waals surface area contributed by atoms with Crippen LogP contribution in [0.25, 0.3) is 10.3 Å². The van der Waals surface area contributed by atoms with Crippen molar-refractivity contribution in [3.05, 3.63) is 33.3 Å². The fraction of sp³-hybridized carbons (Fsp3) is 0.182. The lowest BCUT2D eigenvalue weighted by Crippen LogP contribution is -2.11. The number of carboxylic acids is 1. The maximum absolute atomic E-state index is 12.0. The number of thioether (sulfide) groups is 1. The summed E-state index contributed by atoms with van der Waals surface area (Å²) < 4.78 is 0. The summed E-state index contributed by atoms with van der Waals surface area (Å²) in [4.78, 5) is 30.6. The van der Waals surface area contributed by atoms with Crippen molar-refractivity contribution in [1.82, 2.24) is 9.97 Å². The molecule has 5 nitrogen and oxygen atoms in total. The third kappa shape index (κ3) is 2.19. The van der Waals surface area contributed by atoms with Gasteiger partial charge in [-0.1, -0.05) is 17.8 Å². The first kappa shape index (κ1) is 12.8. The minimum Gasteiger partial charge on any atom is -0.477 e. The Morgan fingerprint density at radius 3 is 3.00 bits per heavy atom. The van der Waals surface area contributed by atoms with Crippen LogP contribution in [0.5, 0.6) is 0 Å². The molecular weight excluding hydrogens is 272 g/mol. The standard InChI is InChI=1S/C11H10N2O3S2/c1-3-4-17-11-12-6-7(14)5(2)8(10(15)16)18-9(6)13-11/h3H,1,4H2,2H3,(H,12,13)(H,15,16). The van der Waals surface area contributed by atoms with Crippen molar-refractivity contribution in [3.63, 3.8) is 0 Å². The zero-order chi connectivity index (χ0) is 13.3. The van der Waals surface area contributed by atoms with E-state index >= 15 is 0 Å². The molecule has 2 aromatic rings. The van der Waals surface area contributed by atoms with Gasteiger partial charge in [-0.15, -0.1) is 17.9 Å². The summed E-state index contributed by atoms with van der Waals surface area (Å²) in [7, 11) is 0. The fourth-order valence-electron chi connectivity index (χ4n) is 1.44. The second-order valence-corrected chi connectivity index (χ2v) is 5.52. The van der Waals surface area contributed by atoms with Crippen molar-refractivity contribution >= 4 is 39.4 Å². The molecule has 0 bridgehead atoms. The van der Waals surface area contributed by atoms with Gasteiger partial charge >= 0.3 is 5.97 Å². The van der Waals surface area contributed by atoms with Crippen LogP contribution >= 0.6 is 23.1 Å². The minimum atomic E-state index is -1.10. The molecule has 0 fully saturated rings. The summed E-state index contributed by atoms with van der Waals surface area (Å²) >= 11 is 2.42. The Hall–Kier alpha value is -1.60. The number of imidazole rings is 1. The van der Waals surface area contributed by atoms with E-state index in [1.165, 1.54) is 18.7 Å². The Morgan fingerprint density at radius 2 is 2.39 bits per heavy atom. The number of nitrogens with one attached hydrogen (secondary N) is 1. The molecule has 2 N–H and O–H groups in total. The van der Waals surface area contributed by atoms with Gasteiger partial charge < -0.3 is 10.1 Å².